The lowest BCUT2D eigenvalue weighted by Crippen LogP contribution is -2.36. The van der Waals surface area contributed by atoms with Crippen molar-refractivity contribution < 1.29 is 9.47 Å². The first-order chi connectivity index (χ1) is 8.40. The molecule has 0 bridgehead atoms. The van der Waals surface area contributed by atoms with Crippen molar-refractivity contribution in [3.05, 3.63) is 24.3 Å². The summed E-state index contributed by atoms with van der Waals surface area (Å²) in [5, 5.41) is 0. The molecule has 3 heteroatoms. The molecule has 1 aliphatic rings. The van der Waals surface area contributed by atoms with Gasteiger partial charge in [-0.2, -0.15) is 0 Å². The highest BCUT2D eigenvalue weighted by atomic mass is 16.5. The maximum Gasteiger partial charge on any atom is 0.119 e. The number of benzene rings is 1. The lowest BCUT2D eigenvalue weighted by atomic mass is 10.2. The van der Waals surface area contributed by atoms with Gasteiger partial charge in [0.2, 0.25) is 0 Å². The predicted molar refractivity (Wildman–Crippen MR) is 69.9 cm³/mol. The zero-order valence-corrected chi connectivity index (χ0v) is 10.5. The number of rotatable bonds is 5. The van der Waals surface area contributed by atoms with Gasteiger partial charge in [0.05, 0.1) is 19.8 Å². The topological polar surface area (TPSA) is 21.7 Å². The van der Waals surface area contributed by atoms with Gasteiger partial charge >= 0.3 is 0 Å². The zero-order valence-electron chi connectivity index (χ0n) is 10.5. The summed E-state index contributed by atoms with van der Waals surface area (Å²) in [5.74, 6) is 0.968. The van der Waals surface area contributed by atoms with Crippen LogP contribution in [0.2, 0.25) is 0 Å². The molecule has 0 amide bonds. The number of hydrogen-bond donors (Lipinski definition) is 0. The summed E-state index contributed by atoms with van der Waals surface area (Å²) in [6, 6.07) is 8.38. The molecule has 1 aromatic carbocycles. The Morgan fingerprint density at radius 1 is 1.18 bits per heavy atom. The molecule has 1 aromatic rings. The number of anilines is 1. The van der Waals surface area contributed by atoms with Crippen molar-refractivity contribution in [2.45, 2.75) is 19.8 Å². The summed E-state index contributed by atoms with van der Waals surface area (Å²) in [4.78, 5) is 2.35. The van der Waals surface area contributed by atoms with E-state index < -0.39 is 0 Å². The molecule has 0 radical (unpaired) electrons. The molecule has 17 heavy (non-hydrogen) atoms. The molecule has 0 aliphatic carbocycles. The fourth-order valence-corrected chi connectivity index (χ4v) is 1.91. The molecular formula is C14H21NO2. The van der Waals surface area contributed by atoms with Crippen LogP contribution in [0.25, 0.3) is 0 Å². The minimum absolute atomic E-state index is 0.813. The number of nitrogens with zero attached hydrogens (tertiary/aromatic N) is 1. The fraction of sp³-hybridized carbons (Fsp3) is 0.571. The number of hydrogen-bond acceptors (Lipinski definition) is 3. The second-order valence-electron chi connectivity index (χ2n) is 4.30. The van der Waals surface area contributed by atoms with Gasteiger partial charge in [-0.05, 0) is 30.7 Å². The highest BCUT2D eigenvalue weighted by Gasteiger charge is 2.10. The molecule has 1 heterocycles. The maximum absolute atomic E-state index is 5.65. The van der Waals surface area contributed by atoms with E-state index in [0.29, 0.717) is 0 Å². The Morgan fingerprint density at radius 2 is 1.88 bits per heavy atom. The van der Waals surface area contributed by atoms with Crippen LogP contribution < -0.4 is 9.64 Å². The van der Waals surface area contributed by atoms with Crippen LogP contribution in [0.5, 0.6) is 5.75 Å². The summed E-state index contributed by atoms with van der Waals surface area (Å²) >= 11 is 0. The Kier molecular flexibility index (Phi) is 4.68. The zero-order chi connectivity index (χ0) is 11.9. The minimum atomic E-state index is 0.813. The molecule has 0 N–H and O–H groups in total. The average Bonchev–Trinajstić information content (AvgIpc) is 2.41. The van der Waals surface area contributed by atoms with Gasteiger partial charge in [-0.15, -0.1) is 0 Å². The van der Waals surface area contributed by atoms with Gasteiger partial charge in [-0.25, -0.2) is 0 Å². The average molecular weight is 235 g/mol. The molecule has 1 aliphatic heterocycles. The Hall–Kier alpha value is -1.22. The second kappa shape index (κ2) is 6.50. The van der Waals surface area contributed by atoms with Crippen molar-refractivity contribution >= 4 is 5.69 Å². The third-order valence-electron chi connectivity index (χ3n) is 2.98. The van der Waals surface area contributed by atoms with Gasteiger partial charge in [0, 0.05) is 18.8 Å². The highest BCUT2D eigenvalue weighted by molar-refractivity contribution is 5.49. The normalized spacial score (nSPS) is 15.9. The van der Waals surface area contributed by atoms with E-state index in [4.69, 9.17) is 9.47 Å². The molecule has 0 unspecified atom stereocenters. The molecule has 0 aromatic heterocycles. The van der Waals surface area contributed by atoms with E-state index in [-0.39, 0.29) is 0 Å². The largest absolute Gasteiger partial charge is 0.494 e. The maximum atomic E-state index is 5.65. The molecule has 94 valence electrons. The molecule has 0 saturated carbocycles. The SMILES string of the molecule is CCCCOc1ccc(N2CCOCC2)cc1. The van der Waals surface area contributed by atoms with Crippen LogP contribution in [0.4, 0.5) is 5.69 Å². The third kappa shape index (κ3) is 3.63. The van der Waals surface area contributed by atoms with E-state index >= 15 is 0 Å². The van der Waals surface area contributed by atoms with Crippen LogP contribution in [0.3, 0.4) is 0 Å². The van der Waals surface area contributed by atoms with Crippen molar-refractivity contribution in [3.63, 3.8) is 0 Å². The number of unbranched alkanes of at least 4 members (excludes halogenated alkanes) is 1. The summed E-state index contributed by atoms with van der Waals surface area (Å²) in [7, 11) is 0. The predicted octanol–water partition coefficient (Wildman–Crippen LogP) is 2.70. The Labute approximate surface area is 103 Å². The van der Waals surface area contributed by atoms with E-state index in [1.807, 2.05) is 0 Å². The summed E-state index contributed by atoms with van der Waals surface area (Å²) < 4.78 is 11.0. The molecule has 2 rings (SSSR count). The van der Waals surface area contributed by atoms with Crippen LogP contribution in [0, 0.1) is 0 Å². The lowest BCUT2D eigenvalue weighted by Gasteiger charge is -2.28. The van der Waals surface area contributed by atoms with Gasteiger partial charge in [0.25, 0.3) is 0 Å². The van der Waals surface area contributed by atoms with Crippen molar-refractivity contribution in [2.75, 3.05) is 37.8 Å². The van der Waals surface area contributed by atoms with Crippen molar-refractivity contribution in [1.82, 2.24) is 0 Å². The molecule has 1 fully saturated rings. The Morgan fingerprint density at radius 3 is 2.53 bits per heavy atom. The van der Waals surface area contributed by atoms with Crippen molar-refractivity contribution in [3.8, 4) is 5.75 Å². The van der Waals surface area contributed by atoms with E-state index in [1.54, 1.807) is 0 Å². The molecular weight excluding hydrogens is 214 g/mol. The Bertz CT molecular complexity index is 317. The standard InChI is InChI=1S/C14H21NO2/c1-2-3-10-17-14-6-4-13(5-7-14)15-8-11-16-12-9-15/h4-7H,2-3,8-12H2,1H3. The third-order valence-corrected chi connectivity index (χ3v) is 2.98. The minimum Gasteiger partial charge on any atom is -0.494 e. The summed E-state index contributed by atoms with van der Waals surface area (Å²) in [6.45, 7) is 6.61. The highest BCUT2D eigenvalue weighted by Crippen LogP contribution is 2.20. The summed E-state index contributed by atoms with van der Waals surface area (Å²) in [6.07, 6.45) is 2.29. The number of ether oxygens (including phenoxy) is 2. The molecule has 3 nitrogen and oxygen atoms in total. The van der Waals surface area contributed by atoms with Crippen LogP contribution in [-0.2, 0) is 4.74 Å². The quantitative estimate of drug-likeness (QED) is 0.732. The van der Waals surface area contributed by atoms with E-state index in [0.717, 1.165) is 45.1 Å². The first kappa shape index (κ1) is 12.2. The van der Waals surface area contributed by atoms with E-state index in [9.17, 15) is 0 Å². The Balaban J connectivity index is 1.88. The second-order valence-corrected chi connectivity index (χ2v) is 4.30. The van der Waals surface area contributed by atoms with Crippen LogP contribution in [0.15, 0.2) is 24.3 Å². The van der Waals surface area contributed by atoms with Gasteiger partial charge < -0.3 is 14.4 Å². The van der Waals surface area contributed by atoms with E-state index in [2.05, 4.69) is 36.1 Å². The lowest BCUT2D eigenvalue weighted by molar-refractivity contribution is 0.122. The van der Waals surface area contributed by atoms with Gasteiger partial charge in [-0.3, -0.25) is 0 Å². The van der Waals surface area contributed by atoms with Crippen LogP contribution in [0.1, 0.15) is 19.8 Å². The molecule has 0 spiro atoms. The molecule has 0 atom stereocenters. The monoisotopic (exact) mass is 235 g/mol. The van der Waals surface area contributed by atoms with Gasteiger partial charge in [-0.1, -0.05) is 13.3 Å². The smallest absolute Gasteiger partial charge is 0.119 e. The summed E-state index contributed by atoms with van der Waals surface area (Å²) in [5.41, 5.74) is 1.26. The molecule has 1 saturated heterocycles. The first-order valence-electron chi connectivity index (χ1n) is 6.45. The van der Waals surface area contributed by atoms with Gasteiger partial charge in [0.15, 0.2) is 0 Å². The fourth-order valence-electron chi connectivity index (χ4n) is 1.91. The van der Waals surface area contributed by atoms with Crippen molar-refractivity contribution in [2.24, 2.45) is 0 Å². The van der Waals surface area contributed by atoms with E-state index in [1.165, 1.54) is 12.1 Å². The van der Waals surface area contributed by atoms with Crippen molar-refractivity contribution in [1.29, 1.82) is 0 Å². The van der Waals surface area contributed by atoms with Crippen LogP contribution >= 0.6 is 0 Å². The van der Waals surface area contributed by atoms with Crippen LogP contribution in [-0.4, -0.2) is 32.9 Å². The number of morpholine rings is 1. The first-order valence-corrected chi connectivity index (χ1v) is 6.45. The van der Waals surface area contributed by atoms with Gasteiger partial charge in [0.1, 0.15) is 5.75 Å².